The van der Waals surface area contributed by atoms with Crippen molar-refractivity contribution in [3.63, 3.8) is 0 Å². The van der Waals surface area contributed by atoms with Crippen LogP contribution in [0, 0.1) is 0 Å². The molecule has 0 aromatic heterocycles. The molecule has 1 aliphatic rings. The summed E-state index contributed by atoms with van der Waals surface area (Å²) in [5.74, 6) is 0. The Kier molecular flexibility index (Phi) is 5.22. The SMILES string of the molecule is C=CCNC1CCCCCC1=Cc1ccccc1. The van der Waals surface area contributed by atoms with Gasteiger partial charge in [-0.25, -0.2) is 0 Å². The van der Waals surface area contributed by atoms with E-state index >= 15 is 0 Å². The molecule has 1 N–H and O–H groups in total. The minimum atomic E-state index is 0.533. The zero-order valence-electron chi connectivity index (χ0n) is 11.1. The third kappa shape index (κ3) is 3.85. The van der Waals surface area contributed by atoms with E-state index in [-0.39, 0.29) is 0 Å². The van der Waals surface area contributed by atoms with E-state index < -0.39 is 0 Å². The first-order valence-corrected chi connectivity index (χ1v) is 7.00. The van der Waals surface area contributed by atoms with Gasteiger partial charge in [0.15, 0.2) is 0 Å². The predicted octanol–water partition coefficient (Wildman–Crippen LogP) is 4.18. The summed E-state index contributed by atoms with van der Waals surface area (Å²) < 4.78 is 0. The van der Waals surface area contributed by atoms with Gasteiger partial charge in [-0.15, -0.1) is 6.58 Å². The van der Waals surface area contributed by atoms with E-state index in [1.807, 2.05) is 6.08 Å². The van der Waals surface area contributed by atoms with Crippen LogP contribution in [0.4, 0.5) is 0 Å². The third-order valence-corrected chi connectivity index (χ3v) is 3.57. The largest absolute Gasteiger partial charge is 0.307 e. The van der Waals surface area contributed by atoms with Gasteiger partial charge < -0.3 is 5.32 Å². The molecule has 1 unspecified atom stereocenters. The van der Waals surface area contributed by atoms with Gasteiger partial charge in [-0.05, 0) is 24.8 Å². The fraction of sp³-hybridized carbons (Fsp3) is 0.412. The molecular weight excluding hydrogens is 218 g/mol. The van der Waals surface area contributed by atoms with Crippen molar-refractivity contribution >= 4 is 6.08 Å². The molecule has 2 rings (SSSR count). The first kappa shape index (κ1) is 13.1. The van der Waals surface area contributed by atoms with Crippen LogP contribution < -0.4 is 5.32 Å². The van der Waals surface area contributed by atoms with Crippen LogP contribution in [0.25, 0.3) is 6.08 Å². The monoisotopic (exact) mass is 241 g/mol. The number of hydrogen-bond acceptors (Lipinski definition) is 1. The second kappa shape index (κ2) is 7.17. The van der Waals surface area contributed by atoms with E-state index in [0.29, 0.717) is 6.04 Å². The lowest BCUT2D eigenvalue weighted by atomic mass is 9.99. The lowest BCUT2D eigenvalue weighted by Crippen LogP contribution is -2.30. The van der Waals surface area contributed by atoms with Crippen LogP contribution in [0.2, 0.25) is 0 Å². The second-order valence-electron chi connectivity index (χ2n) is 4.98. The Hall–Kier alpha value is -1.34. The van der Waals surface area contributed by atoms with E-state index in [0.717, 1.165) is 6.54 Å². The van der Waals surface area contributed by atoms with Crippen LogP contribution >= 0.6 is 0 Å². The summed E-state index contributed by atoms with van der Waals surface area (Å²) in [6.45, 7) is 4.70. The van der Waals surface area contributed by atoms with Gasteiger partial charge in [-0.2, -0.15) is 0 Å². The number of rotatable bonds is 4. The average molecular weight is 241 g/mol. The number of hydrogen-bond donors (Lipinski definition) is 1. The lowest BCUT2D eigenvalue weighted by molar-refractivity contribution is 0.557. The Morgan fingerprint density at radius 3 is 2.78 bits per heavy atom. The maximum Gasteiger partial charge on any atom is 0.0285 e. The maximum atomic E-state index is 3.80. The molecule has 0 heterocycles. The summed E-state index contributed by atoms with van der Waals surface area (Å²) >= 11 is 0. The summed E-state index contributed by atoms with van der Waals surface area (Å²) in [6.07, 6.45) is 10.8. The van der Waals surface area contributed by atoms with Gasteiger partial charge in [0.25, 0.3) is 0 Å². The Labute approximate surface area is 111 Å². The highest BCUT2D eigenvalue weighted by molar-refractivity contribution is 5.54. The second-order valence-corrected chi connectivity index (χ2v) is 4.98. The quantitative estimate of drug-likeness (QED) is 0.616. The molecule has 0 saturated heterocycles. The maximum absolute atomic E-state index is 3.80. The minimum absolute atomic E-state index is 0.533. The Balaban J connectivity index is 2.14. The van der Waals surface area contributed by atoms with Gasteiger partial charge >= 0.3 is 0 Å². The normalized spacial score (nSPS) is 22.7. The lowest BCUT2D eigenvalue weighted by Gasteiger charge is -2.19. The van der Waals surface area contributed by atoms with Gasteiger partial charge in [0.1, 0.15) is 0 Å². The molecule has 1 heteroatoms. The molecule has 0 spiro atoms. The zero-order valence-corrected chi connectivity index (χ0v) is 11.1. The van der Waals surface area contributed by atoms with Crippen LogP contribution in [-0.4, -0.2) is 12.6 Å². The fourth-order valence-corrected chi connectivity index (χ4v) is 2.61. The smallest absolute Gasteiger partial charge is 0.0285 e. The fourth-order valence-electron chi connectivity index (χ4n) is 2.61. The van der Waals surface area contributed by atoms with Gasteiger partial charge in [0.2, 0.25) is 0 Å². The Morgan fingerprint density at radius 1 is 1.17 bits per heavy atom. The number of nitrogens with one attached hydrogen (secondary N) is 1. The predicted molar refractivity (Wildman–Crippen MR) is 79.5 cm³/mol. The molecule has 1 aromatic rings. The third-order valence-electron chi connectivity index (χ3n) is 3.57. The van der Waals surface area contributed by atoms with Gasteiger partial charge in [-0.1, -0.05) is 60.9 Å². The van der Waals surface area contributed by atoms with E-state index in [9.17, 15) is 0 Å². The van der Waals surface area contributed by atoms with Gasteiger partial charge in [-0.3, -0.25) is 0 Å². The van der Waals surface area contributed by atoms with Gasteiger partial charge in [0.05, 0.1) is 0 Å². The summed E-state index contributed by atoms with van der Waals surface area (Å²) in [7, 11) is 0. The molecule has 1 aromatic carbocycles. The van der Waals surface area contributed by atoms with Crippen LogP contribution in [0.5, 0.6) is 0 Å². The van der Waals surface area contributed by atoms with Crippen LogP contribution in [-0.2, 0) is 0 Å². The van der Waals surface area contributed by atoms with Crippen LogP contribution in [0.1, 0.15) is 37.7 Å². The van der Waals surface area contributed by atoms with Crippen molar-refractivity contribution in [1.29, 1.82) is 0 Å². The number of benzene rings is 1. The summed E-state index contributed by atoms with van der Waals surface area (Å²) in [4.78, 5) is 0. The molecule has 1 nitrogen and oxygen atoms in total. The zero-order chi connectivity index (χ0) is 12.6. The van der Waals surface area contributed by atoms with Crippen molar-refractivity contribution < 1.29 is 0 Å². The van der Waals surface area contributed by atoms with Crippen molar-refractivity contribution in [2.75, 3.05) is 6.54 Å². The van der Waals surface area contributed by atoms with Crippen molar-refractivity contribution in [3.8, 4) is 0 Å². The van der Waals surface area contributed by atoms with E-state index in [1.54, 1.807) is 5.57 Å². The minimum Gasteiger partial charge on any atom is -0.307 e. The van der Waals surface area contributed by atoms with E-state index in [4.69, 9.17) is 0 Å². The standard InChI is InChI=1S/C17H23N/c1-2-13-18-17-12-8-4-7-11-16(17)14-15-9-5-3-6-10-15/h2-3,5-6,9-10,14,17-18H,1,4,7-8,11-13H2. The first-order valence-electron chi connectivity index (χ1n) is 7.00. The molecule has 1 atom stereocenters. The summed E-state index contributed by atoms with van der Waals surface area (Å²) in [5.41, 5.74) is 2.88. The van der Waals surface area contributed by atoms with Crippen molar-refractivity contribution in [1.82, 2.24) is 5.32 Å². The van der Waals surface area contributed by atoms with E-state index in [1.165, 1.54) is 37.7 Å². The van der Waals surface area contributed by atoms with Crippen molar-refractivity contribution in [3.05, 3.63) is 54.1 Å². The molecule has 1 fully saturated rings. The molecule has 1 saturated carbocycles. The Bertz CT molecular complexity index is 391. The van der Waals surface area contributed by atoms with Crippen LogP contribution in [0.15, 0.2) is 48.6 Å². The highest BCUT2D eigenvalue weighted by Crippen LogP contribution is 2.24. The summed E-state index contributed by atoms with van der Waals surface area (Å²) in [6, 6.07) is 11.2. The molecule has 0 amide bonds. The van der Waals surface area contributed by atoms with Crippen molar-refractivity contribution in [2.24, 2.45) is 0 Å². The molecule has 18 heavy (non-hydrogen) atoms. The molecule has 0 radical (unpaired) electrons. The average Bonchev–Trinajstić information content (AvgIpc) is 2.63. The van der Waals surface area contributed by atoms with Crippen LogP contribution in [0.3, 0.4) is 0 Å². The molecule has 0 aliphatic heterocycles. The highest BCUT2D eigenvalue weighted by atomic mass is 14.9. The summed E-state index contributed by atoms with van der Waals surface area (Å²) in [5, 5.41) is 3.60. The van der Waals surface area contributed by atoms with Crippen molar-refractivity contribution in [2.45, 2.75) is 38.1 Å². The van der Waals surface area contributed by atoms with Gasteiger partial charge in [0, 0.05) is 12.6 Å². The molecule has 1 aliphatic carbocycles. The highest BCUT2D eigenvalue weighted by Gasteiger charge is 2.16. The molecule has 0 bridgehead atoms. The molecule has 96 valence electrons. The van der Waals surface area contributed by atoms with E-state index in [2.05, 4.69) is 48.3 Å². The topological polar surface area (TPSA) is 12.0 Å². The first-order chi connectivity index (χ1) is 8.90. The Morgan fingerprint density at radius 2 is 2.00 bits per heavy atom. The molecular formula is C17H23N.